The maximum Gasteiger partial charge on any atom is 0.416 e. The number of unbranched alkanes of at least 4 members (excludes halogenated alkanes) is 2. The minimum atomic E-state index is -4.28. The van der Waals surface area contributed by atoms with Gasteiger partial charge in [0.1, 0.15) is 11.6 Å². The second kappa shape index (κ2) is 9.30. The van der Waals surface area contributed by atoms with Gasteiger partial charge in [0.05, 0.1) is 12.7 Å². The molecular formula is C27H31F3N4O. The Bertz CT molecular complexity index is 1170. The number of hydrogen-bond acceptors (Lipinski definition) is 4. The van der Waals surface area contributed by atoms with Gasteiger partial charge < -0.3 is 14.2 Å². The SMILES string of the molecule is COc1cccc(-c2nnc(CCCCCN3C[C@@H]4C[C@]4(c4ccc(C(F)(F)F)cc4)C3)n2C)c1. The second-order valence-electron chi connectivity index (χ2n) is 9.91. The standard InChI is InChI=1S/C27H31F3N4O/c1-33-24(31-32-25(33)19-7-6-8-23(15-19)35-2)9-4-3-5-14-34-17-22-16-26(22,18-34)20-10-12-21(13-11-20)27(28,29)30/h6-8,10-13,15,22H,3-5,9,14,16-18H2,1-2H3/t22-,26+/m0/s1. The van der Waals surface area contributed by atoms with Gasteiger partial charge in [-0.05, 0) is 61.6 Å². The monoisotopic (exact) mass is 484 g/mol. The molecule has 5 nitrogen and oxygen atoms in total. The van der Waals surface area contributed by atoms with Gasteiger partial charge in [-0.1, -0.05) is 30.7 Å². The van der Waals surface area contributed by atoms with E-state index in [1.54, 1.807) is 19.2 Å². The highest BCUT2D eigenvalue weighted by atomic mass is 19.4. The van der Waals surface area contributed by atoms with Crippen LogP contribution in [-0.2, 0) is 25.1 Å². The largest absolute Gasteiger partial charge is 0.497 e. The fourth-order valence-corrected chi connectivity index (χ4v) is 5.58. The first-order valence-electron chi connectivity index (χ1n) is 12.2. The Kier molecular flexibility index (Phi) is 6.34. The van der Waals surface area contributed by atoms with Crippen molar-refractivity contribution in [3.05, 3.63) is 65.5 Å². The van der Waals surface area contributed by atoms with E-state index >= 15 is 0 Å². The molecule has 1 aromatic heterocycles. The maximum atomic E-state index is 12.9. The molecule has 0 amide bonds. The van der Waals surface area contributed by atoms with Crippen LogP contribution in [0.15, 0.2) is 48.5 Å². The molecule has 0 radical (unpaired) electrons. The second-order valence-corrected chi connectivity index (χ2v) is 9.91. The van der Waals surface area contributed by atoms with Crippen LogP contribution in [0, 0.1) is 5.92 Å². The third-order valence-corrected chi connectivity index (χ3v) is 7.67. The zero-order chi connectivity index (χ0) is 24.6. The van der Waals surface area contributed by atoms with E-state index in [1.807, 2.05) is 31.3 Å². The molecule has 1 aliphatic heterocycles. The van der Waals surface area contributed by atoms with Crippen LogP contribution in [0.1, 0.15) is 42.6 Å². The number of likely N-dealkylation sites (tertiary alicyclic amines) is 1. The summed E-state index contributed by atoms with van der Waals surface area (Å²) in [6, 6.07) is 13.7. The Balaban J connectivity index is 1.08. The Hall–Kier alpha value is -2.87. The van der Waals surface area contributed by atoms with Crippen molar-refractivity contribution in [1.29, 1.82) is 0 Å². The van der Waals surface area contributed by atoms with Crippen LogP contribution in [0.4, 0.5) is 13.2 Å². The summed E-state index contributed by atoms with van der Waals surface area (Å²) < 4.78 is 46.0. The zero-order valence-corrected chi connectivity index (χ0v) is 20.2. The number of aryl methyl sites for hydroxylation is 1. The van der Waals surface area contributed by atoms with Gasteiger partial charge in [-0.15, -0.1) is 10.2 Å². The quantitative estimate of drug-likeness (QED) is 0.377. The predicted molar refractivity (Wildman–Crippen MR) is 128 cm³/mol. The summed E-state index contributed by atoms with van der Waals surface area (Å²) in [5, 5.41) is 8.77. The number of methoxy groups -OCH3 is 1. The van der Waals surface area contributed by atoms with Crippen molar-refractivity contribution >= 4 is 0 Å². The molecule has 2 aromatic carbocycles. The first kappa shape index (κ1) is 23.9. The number of alkyl halides is 3. The Morgan fingerprint density at radius 3 is 2.60 bits per heavy atom. The molecule has 2 aliphatic rings. The number of fused-ring (bicyclic) bond motifs is 1. The van der Waals surface area contributed by atoms with Crippen molar-refractivity contribution in [2.75, 3.05) is 26.7 Å². The molecule has 0 spiro atoms. The molecule has 0 N–H and O–H groups in total. The summed E-state index contributed by atoms with van der Waals surface area (Å²) in [5.74, 6) is 3.19. The number of halogens is 3. The van der Waals surface area contributed by atoms with Crippen molar-refractivity contribution in [3.8, 4) is 17.1 Å². The van der Waals surface area contributed by atoms with E-state index in [0.717, 1.165) is 80.3 Å². The number of piperidine rings is 1. The van der Waals surface area contributed by atoms with Crippen LogP contribution in [0.25, 0.3) is 11.4 Å². The summed E-state index contributed by atoms with van der Waals surface area (Å²) in [7, 11) is 3.66. The van der Waals surface area contributed by atoms with Crippen molar-refractivity contribution in [2.24, 2.45) is 13.0 Å². The number of nitrogens with zero attached hydrogens (tertiary/aromatic N) is 4. The maximum absolute atomic E-state index is 12.9. The molecule has 0 unspecified atom stereocenters. The van der Waals surface area contributed by atoms with Crippen LogP contribution < -0.4 is 4.74 Å². The van der Waals surface area contributed by atoms with E-state index in [0.29, 0.717) is 5.92 Å². The molecule has 2 atom stereocenters. The summed E-state index contributed by atoms with van der Waals surface area (Å²) in [5.41, 5.74) is 1.55. The fourth-order valence-electron chi connectivity index (χ4n) is 5.58. The Labute approximate surface area is 203 Å². The molecule has 0 bridgehead atoms. The van der Waals surface area contributed by atoms with Gasteiger partial charge >= 0.3 is 6.18 Å². The van der Waals surface area contributed by atoms with Gasteiger partial charge in [0.25, 0.3) is 0 Å². The number of ether oxygens (including phenoxy) is 1. The Morgan fingerprint density at radius 2 is 1.86 bits per heavy atom. The average Bonchev–Trinajstić information content (AvgIpc) is 3.22. The van der Waals surface area contributed by atoms with Crippen molar-refractivity contribution in [2.45, 2.75) is 43.7 Å². The predicted octanol–water partition coefficient (Wildman–Crippen LogP) is 5.50. The summed E-state index contributed by atoms with van der Waals surface area (Å²) in [6.07, 6.45) is 0.961. The first-order valence-corrected chi connectivity index (χ1v) is 12.2. The molecule has 5 rings (SSSR count). The Morgan fingerprint density at radius 1 is 1.06 bits per heavy atom. The van der Waals surface area contributed by atoms with E-state index in [-0.39, 0.29) is 5.41 Å². The topological polar surface area (TPSA) is 43.2 Å². The first-order chi connectivity index (χ1) is 16.8. The van der Waals surface area contributed by atoms with Crippen molar-refractivity contribution in [3.63, 3.8) is 0 Å². The molecule has 186 valence electrons. The van der Waals surface area contributed by atoms with Crippen LogP contribution >= 0.6 is 0 Å². The minimum Gasteiger partial charge on any atom is -0.497 e. The number of aromatic nitrogens is 3. The van der Waals surface area contributed by atoms with Crippen molar-refractivity contribution < 1.29 is 17.9 Å². The summed E-state index contributed by atoms with van der Waals surface area (Å²) in [6.45, 7) is 3.04. The molecule has 1 saturated heterocycles. The molecule has 1 aliphatic carbocycles. The summed E-state index contributed by atoms with van der Waals surface area (Å²) >= 11 is 0. The van der Waals surface area contributed by atoms with Gasteiger partial charge in [-0.3, -0.25) is 0 Å². The van der Waals surface area contributed by atoms with Crippen LogP contribution in [-0.4, -0.2) is 46.4 Å². The van der Waals surface area contributed by atoms with E-state index in [2.05, 4.69) is 19.7 Å². The lowest BCUT2D eigenvalue weighted by Crippen LogP contribution is -2.27. The number of rotatable bonds is 9. The third-order valence-electron chi connectivity index (χ3n) is 7.67. The smallest absolute Gasteiger partial charge is 0.416 e. The highest BCUT2D eigenvalue weighted by Gasteiger charge is 2.60. The summed E-state index contributed by atoms with van der Waals surface area (Å²) in [4.78, 5) is 2.48. The molecule has 8 heteroatoms. The number of benzene rings is 2. The lowest BCUT2D eigenvalue weighted by molar-refractivity contribution is -0.137. The normalized spacial score (nSPS) is 21.8. The molecule has 1 saturated carbocycles. The van der Waals surface area contributed by atoms with E-state index < -0.39 is 11.7 Å². The lowest BCUT2D eigenvalue weighted by atomic mass is 9.94. The van der Waals surface area contributed by atoms with E-state index in [4.69, 9.17) is 4.74 Å². The molecule has 2 heterocycles. The van der Waals surface area contributed by atoms with Crippen LogP contribution in [0.5, 0.6) is 5.75 Å². The highest BCUT2D eigenvalue weighted by Crippen LogP contribution is 2.59. The highest BCUT2D eigenvalue weighted by molar-refractivity contribution is 5.57. The fraction of sp³-hybridized carbons (Fsp3) is 0.481. The minimum absolute atomic E-state index is 0.0687. The van der Waals surface area contributed by atoms with Gasteiger partial charge in [0.15, 0.2) is 5.82 Å². The van der Waals surface area contributed by atoms with Gasteiger partial charge in [0, 0.05) is 37.5 Å². The number of hydrogen-bond donors (Lipinski definition) is 0. The molecule has 35 heavy (non-hydrogen) atoms. The van der Waals surface area contributed by atoms with Gasteiger partial charge in [0.2, 0.25) is 0 Å². The van der Waals surface area contributed by atoms with E-state index in [1.165, 1.54) is 12.1 Å². The molecule has 2 fully saturated rings. The molecular weight excluding hydrogens is 453 g/mol. The van der Waals surface area contributed by atoms with Gasteiger partial charge in [-0.2, -0.15) is 13.2 Å². The van der Waals surface area contributed by atoms with Gasteiger partial charge in [-0.25, -0.2) is 0 Å². The third kappa shape index (κ3) is 4.81. The zero-order valence-electron chi connectivity index (χ0n) is 20.2. The van der Waals surface area contributed by atoms with Crippen LogP contribution in [0.2, 0.25) is 0 Å². The van der Waals surface area contributed by atoms with Crippen molar-refractivity contribution in [1.82, 2.24) is 19.7 Å². The molecule has 3 aromatic rings. The average molecular weight is 485 g/mol. The van der Waals surface area contributed by atoms with E-state index in [9.17, 15) is 13.2 Å². The lowest BCUT2D eigenvalue weighted by Gasteiger charge is -2.21. The van der Waals surface area contributed by atoms with Crippen LogP contribution in [0.3, 0.4) is 0 Å².